The van der Waals surface area contributed by atoms with Crippen LogP contribution in [0, 0.1) is 11.3 Å². The summed E-state index contributed by atoms with van der Waals surface area (Å²) in [5.74, 6) is 0.622. The molecule has 0 saturated carbocycles. The third kappa shape index (κ3) is 3.92. The predicted octanol–water partition coefficient (Wildman–Crippen LogP) is 3.56. The van der Waals surface area contributed by atoms with E-state index in [1.807, 2.05) is 42.5 Å². The van der Waals surface area contributed by atoms with E-state index in [2.05, 4.69) is 39.1 Å². The van der Waals surface area contributed by atoms with Crippen molar-refractivity contribution in [3.63, 3.8) is 0 Å². The van der Waals surface area contributed by atoms with E-state index in [4.69, 9.17) is 5.26 Å². The van der Waals surface area contributed by atoms with Gasteiger partial charge in [0, 0.05) is 13.1 Å². The molecular formula is C19H16N4. The van der Waals surface area contributed by atoms with Crippen LogP contribution >= 0.6 is 0 Å². The van der Waals surface area contributed by atoms with Gasteiger partial charge in [0.15, 0.2) is 0 Å². The zero-order valence-corrected chi connectivity index (χ0v) is 12.6. The summed E-state index contributed by atoms with van der Waals surface area (Å²) < 4.78 is 0. The minimum Gasteiger partial charge on any atom is -0.332 e. The first-order valence-electron chi connectivity index (χ1n) is 7.40. The van der Waals surface area contributed by atoms with Gasteiger partial charge in [-0.2, -0.15) is 5.26 Å². The van der Waals surface area contributed by atoms with Crippen LogP contribution < -0.4 is 4.90 Å². The molecule has 0 atom stereocenters. The normalized spacial score (nSPS) is 10.0. The second-order valence-corrected chi connectivity index (χ2v) is 5.21. The summed E-state index contributed by atoms with van der Waals surface area (Å²) in [5.41, 5.74) is 2.85. The van der Waals surface area contributed by atoms with Crippen molar-refractivity contribution < 1.29 is 0 Å². The number of hydrogen-bond donors (Lipinski definition) is 0. The molecule has 4 nitrogen and oxygen atoms in total. The highest BCUT2D eigenvalue weighted by Crippen LogP contribution is 2.16. The fourth-order valence-electron chi connectivity index (χ4n) is 2.35. The minimum atomic E-state index is 0.466. The molecule has 112 valence electrons. The van der Waals surface area contributed by atoms with Crippen LogP contribution in [0.2, 0.25) is 0 Å². The number of benzene rings is 2. The van der Waals surface area contributed by atoms with Gasteiger partial charge in [0.05, 0.1) is 18.0 Å². The largest absolute Gasteiger partial charge is 0.332 e. The summed E-state index contributed by atoms with van der Waals surface area (Å²) in [6.07, 6.45) is 3.12. The van der Waals surface area contributed by atoms with Gasteiger partial charge in [-0.05, 0) is 11.1 Å². The molecule has 0 fully saturated rings. The van der Waals surface area contributed by atoms with Crippen molar-refractivity contribution in [2.24, 2.45) is 0 Å². The number of hydrogen-bond acceptors (Lipinski definition) is 4. The molecule has 0 amide bonds. The molecule has 1 heterocycles. The third-order valence-corrected chi connectivity index (χ3v) is 3.48. The van der Waals surface area contributed by atoms with Gasteiger partial charge < -0.3 is 4.90 Å². The first-order chi connectivity index (χ1) is 11.3. The molecule has 0 aliphatic rings. The monoisotopic (exact) mass is 300 g/mol. The van der Waals surface area contributed by atoms with Gasteiger partial charge >= 0.3 is 0 Å². The quantitative estimate of drug-likeness (QED) is 0.723. The van der Waals surface area contributed by atoms with Gasteiger partial charge in [-0.1, -0.05) is 60.7 Å². The van der Waals surface area contributed by atoms with E-state index in [1.165, 1.54) is 11.1 Å². The average molecular weight is 300 g/mol. The van der Waals surface area contributed by atoms with Crippen molar-refractivity contribution in [1.82, 2.24) is 9.97 Å². The van der Waals surface area contributed by atoms with Crippen molar-refractivity contribution in [1.29, 1.82) is 5.26 Å². The highest BCUT2D eigenvalue weighted by atomic mass is 15.2. The summed E-state index contributed by atoms with van der Waals surface area (Å²) in [7, 11) is 0. The summed E-state index contributed by atoms with van der Waals surface area (Å²) in [5, 5.41) is 8.89. The summed E-state index contributed by atoms with van der Waals surface area (Å²) in [6, 6.07) is 22.5. The molecule has 1 aromatic heterocycles. The van der Waals surface area contributed by atoms with E-state index >= 15 is 0 Å². The molecule has 0 unspecified atom stereocenters. The molecular weight excluding hydrogens is 284 g/mol. The van der Waals surface area contributed by atoms with Crippen molar-refractivity contribution in [2.75, 3.05) is 4.90 Å². The van der Waals surface area contributed by atoms with E-state index in [1.54, 1.807) is 12.4 Å². The van der Waals surface area contributed by atoms with E-state index in [0.717, 1.165) is 0 Å². The maximum absolute atomic E-state index is 8.89. The number of nitrogens with zero attached hydrogens (tertiary/aromatic N) is 4. The number of nitriles is 1. The first kappa shape index (κ1) is 14.7. The molecule has 0 aliphatic heterocycles. The molecule has 4 heteroatoms. The molecule has 0 saturated heterocycles. The van der Waals surface area contributed by atoms with Crippen LogP contribution in [-0.4, -0.2) is 9.97 Å². The van der Waals surface area contributed by atoms with E-state index in [0.29, 0.717) is 24.6 Å². The average Bonchev–Trinajstić information content (AvgIpc) is 2.63. The maximum Gasteiger partial charge on any atom is 0.225 e. The Morgan fingerprint density at radius 2 is 1.26 bits per heavy atom. The van der Waals surface area contributed by atoms with Gasteiger partial charge in [-0.15, -0.1) is 0 Å². The third-order valence-electron chi connectivity index (χ3n) is 3.48. The Kier molecular flexibility index (Phi) is 4.61. The summed E-state index contributed by atoms with van der Waals surface area (Å²) >= 11 is 0. The zero-order valence-electron chi connectivity index (χ0n) is 12.6. The molecule has 0 radical (unpaired) electrons. The van der Waals surface area contributed by atoms with Crippen LogP contribution in [0.5, 0.6) is 0 Å². The Balaban J connectivity index is 1.87. The number of aromatic nitrogens is 2. The molecule has 3 rings (SSSR count). The van der Waals surface area contributed by atoms with Crippen LogP contribution in [0.3, 0.4) is 0 Å². The van der Waals surface area contributed by atoms with Gasteiger partial charge in [-0.3, -0.25) is 0 Å². The Bertz CT molecular complexity index is 736. The Morgan fingerprint density at radius 1 is 0.783 bits per heavy atom. The highest BCUT2D eigenvalue weighted by molar-refractivity contribution is 5.36. The fourth-order valence-corrected chi connectivity index (χ4v) is 2.35. The molecule has 0 spiro atoms. The second kappa shape index (κ2) is 7.19. The van der Waals surface area contributed by atoms with Crippen molar-refractivity contribution in [2.45, 2.75) is 13.1 Å². The van der Waals surface area contributed by atoms with Crippen LogP contribution in [-0.2, 0) is 13.1 Å². The van der Waals surface area contributed by atoms with E-state index in [9.17, 15) is 0 Å². The SMILES string of the molecule is N#Cc1cnc(N(Cc2ccccc2)Cc2ccccc2)nc1. The lowest BCUT2D eigenvalue weighted by molar-refractivity contribution is 0.763. The van der Waals surface area contributed by atoms with Crippen LogP contribution in [0.4, 0.5) is 5.95 Å². The number of rotatable bonds is 5. The minimum absolute atomic E-state index is 0.466. The summed E-state index contributed by atoms with van der Waals surface area (Å²) in [4.78, 5) is 10.8. The number of anilines is 1. The topological polar surface area (TPSA) is 52.8 Å². The molecule has 0 bridgehead atoms. The lowest BCUT2D eigenvalue weighted by atomic mass is 10.2. The molecule has 23 heavy (non-hydrogen) atoms. The van der Waals surface area contributed by atoms with Gasteiger partial charge in [0.2, 0.25) is 5.95 Å². The Morgan fingerprint density at radius 3 is 1.70 bits per heavy atom. The van der Waals surface area contributed by atoms with E-state index in [-0.39, 0.29) is 0 Å². The first-order valence-corrected chi connectivity index (χ1v) is 7.40. The fraction of sp³-hybridized carbons (Fsp3) is 0.105. The smallest absolute Gasteiger partial charge is 0.225 e. The molecule has 3 aromatic rings. The standard InChI is InChI=1S/C19H16N4/c20-11-18-12-21-19(22-13-18)23(14-16-7-3-1-4-8-16)15-17-9-5-2-6-10-17/h1-10,12-13H,14-15H2. The Hall–Kier alpha value is -3.19. The van der Waals surface area contributed by atoms with Crippen molar-refractivity contribution in [3.05, 3.63) is 89.7 Å². The van der Waals surface area contributed by atoms with E-state index < -0.39 is 0 Å². The van der Waals surface area contributed by atoms with Gasteiger partial charge in [0.25, 0.3) is 0 Å². The van der Waals surface area contributed by atoms with Crippen LogP contribution in [0.25, 0.3) is 0 Å². The molecule has 0 N–H and O–H groups in total. The maximum atomic E-state index is 8.89. The van der Waals surface area contributed by atoms with Crippen LogP contribution in [0.15, 0.2) is 73.1 Å². The van der Waals surface area contributed by atoms with Crippen molar-refractivity contribution >= 4 is 5.95 Å². The molecule has 2 aromatic carbocycles. The van der Waals surface area contributed by atoms with Crippen molar-refractivity contribution in [3.8, 4) is 6.07 Å². The lowest BCUT2D eigenvalue weighted by Crippen LogP contribution is -2.24. The zero-order chi connectivity index (χ0) is 15.9. The molecule has 0 aliphatic carbocycles. The predicted molar refractivity (Wildman–Crippen MR) is 89.5 cm³/mol. The summed E-state index contributed by atoms with van der Waals surface area (Å²) in [6.45, 7) is 1.42. The second-order valence-electron chi connectivity index (χ2n) is 5.21. The lowest BCUT2D eigenvalue weighted by Gasteiger charge is -2.22. The Labute approximate surface area is 135 Å². The van der Waals surface area contributed by atoms with Crippen LogP contribution in [0.1, 0.15) is 16.7 Å². The van der Waals surface area contributed by atoms with Gasteiger partial charge in [-0.25, -0.2) is 9.97 Å². The highest BCUT2D eigenvalue weighted by Gasteiger charge is 2.11. The van der Waals surface area contributed by atoms with Gasteiger partial charge in [0.1, 0.15) is 6.07 Å².